The van der Waals surface area contributed by atoms with Gasteiger partial charge in [0.2, 0.25) is 0 Å². The van der Waals surface area contributed by atoms with Crippen LogP contribution >= 0.6 is 0 Å². The Hall–Kier alpha value is -1.33. The van der Waals surface area contributed by atoms with Crippen LogP contribution in [0.25, 0.3) is 0 Å². The molecule has 0 atom stereocenters. The molecule has 0 aliphatic heterocycles. The van der Waals surface area contributed by atoms with Crippen molar-refractivity contribution in [3.63, 3.8) is 0 Å². The number of benzene rings is 1. The molecule has 1 aromatic carbocycles. The van der Waals surface area contributed by atoms with Gasteiger partial charge in [-0.05, 0) is 37.6 Å². The first-order valence-corrected chi connectivity index (χ1v) is 6.49. The minimum absolute atomic E-state index is 0.731. The summed E-state index contributed by atoms with van der Waals surface area (Å²) in [5.41, 5.74) is 2.01. The third kappa shape index (κ3) is 3.31. The zero-order chi connectivity index (χ0) is 12.1. The van der Waals surface area contributed by atoms with Crippen LogP contribution in [0.3, 0.4) is 0 Å². The summed E-state index contributed by atoms with van der Waals surface area (Å²) in [5.74, 6) is 0. The minimum Gasteiger partial charge on any atom is -0.299 e. The molecule has 0 bridgehead atoms. The highest BCUT2D eigenvalue weighted by Crippen LogP contribution is 2.22. The summed E-state index contributed by atoms with van der Waals surface area (Å²) in [4.78, 5) is 2.44. The molecule has 2 heteroatoms. The molecule has 2 nitrogen and oxygen atoms in total. The van der Waals surface area contributed by atoms with Crippen LogP contribution in [0.2, 0.25) is 0 Å². The van der Waals surface area contributed by atoms with E-state index in [1.54, 1.807) is 0 Å². The predicted octanol–water partition coefficient (Wildman–Crippen LogP) is 3.32. The average Bonchev–Trinajstić information content (AvgIpc) is 2.40. The van der Waals surface area contributed by atoms with Gasteiger partial charge in [-0.25, -0.2) is 0 Å². The molecule has 0 heterocycles. The standard InChI is InChI=1S/C15H20N2/c1-17(15-8-3-2-4-9-15)12-14-7-5-6-13(10-14)11-16/h5-7,10,15H,2-4,8-9,12H2,1H3. The van der Waals surface area contributed by atoms with Crippen molar-refractivity contribution < 1.29 is 0 Å². The van der Waals surface area contributed by atoms with Crippen LogP contribution in [0.1, 0.15) is 43.2 Å². The largest absolute Gasteiger partial charge is 0.299 e. The molecule has 2 rings (SSSR count). The van der Waals surface area contributed by atoms with Crippen LogP contribution in [-0.2, 0) is 6.54 Å². The maximum atomic E-state index is 8.88. The maximum absolute atomic E-state index is 8.88. The molecule has 1 aliphatic carbocycles. The van der Waals surface area contributed by atoms with Crippen LogP contribution in [-0.4, -0.2) is 18.0 Å². The van der Waals surface area contributed by atoms with E-state index in [1.165, 1.54) is 37.7 Å². The first kappa shape index (κ1) is 12.1. The molecular weight excluding hydrogens is 208 g/mol. The molecule has 0 N–H and O–H groups in total. The SMILES string of the molecule is CN(Cc1cccc(C#N)c1)C1CCCCC1. The lowest BCUT2D eigenvalue weighted by Gasteiger charge is -2.31. The van der Waals surface area contributed by atoms with Crippen molar-refractivity contribution in [3.05, 3.63) is 35.4 Å². The van der Waals surface area contributed by atoms with Crippen molar-refractivity contribution in [1.82, 2.24) is 4.90 Å². The van der Waals surface area contributed by atoms with Crippen LogP contribution in [0.5, 0.6) is 0 Å². The van der Waals surface area contributed by atoms with Crippen molar-refractivity contribution in [2.45, 2.75) is 44.7 Å². The van der Waals surface area contributed by atoms with E-state index >= 15 is 0 Å². The van der Waals surface area contributed by atoms with Gasteiger partial charge in [0.05, 0.1) is 11.6 Å². The Labute approximate surface area is 104 Å². The highest BCUT2D eigenvalue weighted by Gasteiger charge is 2.17. The van der Waals surface area contributed by atoms with Gasteiger partial charge in [-0.1, -0.05) is 31.4 Å². The highest BCUT2D eigenvalue weighted by atomic mass is 15.1. The molecule has 0 unspecified atom stereocenters. The molecule has 1 fully saturated rings. The Balaban J connectivity index is 1.97. The van der Waals surface area contributed by atoms with Gasteiger partial charge in [-0.2, -0.15) is 5.26 Å². The summed E-state index contributed by atoms with van der Waals surface area (Å²) >= 11 is 0. The van der Waals surface area contributed by atoms with Gasteiger partial charge in [0, 0.05) is 12.6 Å². The minimum atomic E-state index is 0.731. The van der Waals surface area contributed by atoms with E-state index < -0.39 is 0 Å². The Bertz CT molecular complexity index is 400. The lowest BCUT2D eigenvalue weighted by Crippen LogP contribution is -2.32. The average molecular weight is 228 g/mol. The summed E-state index contributed by atoms with van der Waals surface area (Å²) in [7, 11) is 2.20. The zero-order valence-corrected chi connectivity index (χ0v) is 10.5. The van der Waals surface area contributed by atoms with Crippen LogP contribution in [0.15, 0.2) is 24.3 Å². The number of hydrogen-bond donors (Lipinski definition) is 0. The Morgan fingerprint density at radius 1 is 1.29 bits per heavy atom. The quantitative estimate of drug-likeness (QED) is 0.793. The maximum Gasteiger partial charge on any atom is 0.0991 e. The third-order valence-electron chi connectivity index (χ3n) is 3.69. The van der Waals surface area contributed by atoms with Crippen molar-refractivity contribution >= 4 is 0 Å². The number of nitrogens with zero attached hydrogens (tertiary/aromatic N) is 2. The summed E-state index contributed by atoms with van der Waals surface area (Å²) < 4.78 is 0. The van der Waals surface area contributed by atoms with Crippen molar-refractivity contribution in [2.24, 2.45) is 0 Å². The molecule has 0 radical (unpaired) electrons. The normalized spacial score (nSPS) is 17.0. The summed E-state index contributed by atoms with van der Waals surface area (Å²) in [6.45, 7) is 0.959. The zero-order valence-electron chi connectivity index (χ0n) is 10.5. The van der Waals surface area contributed by atoms with Gasteiger partial charge in [-0.3, -0.25) is 4.90 Å². The smallest absolute Gasteiger partial charge is 0.0991 e. The van der Waals surface area contributed by atoms with Crippen molar-refractivity contribution in [3.8, 4) is 6.07 Å². The number of hydrogen-bond acceptors (Lipinski definition) is 2. The molecule has 1 saturated carbocycles. The second-order valence-electron chi connectivity index (χ2n) is 5.02. The van der Waals surface area contributed by atoms with E-state index in [2.05, 4.69) is 24.1 Å². The fraction of sp³-hybridized carbons (Fsp3) is 0.533. The second kappa shape index (κ2) is 5.84. The summed E-state index contributed by atoms with van der Waals surface area (Å²) in [6.07, 6.45) is 6.79. The number of nitriles is 1. The number of rotatable bonds is 3. The molecule has 1 aliphatic rings. The van der Waals surface area contributed by atoms with E-state index in [0.717, 1.165) is 18.2 Å². The summed E-state index contributed by atoms with van der Waals surface area (Å²) in [6, 6.07) is 10.9. The Morgan fingerprint density at radius 3 is 2.76 bits per heavy atom. The van der Waals surface area contributed by atoms with Crippen LogP contribution < -0.4 is 0 Å². The second-order valence-corrected chi connectivity index (χ2v) is 5.02. The fourth-order valence-electron chi connectivity index (χ4n) is 2.68. The van der Waals surface area contributed by atoms with E-state index in [4.69, 9.17) is 5.26 Å². The molecular formula is C15H20N2. The monoisotopic (exact) mass is 228 g/mol. The van der Waals surface area contributed by atoms with E-state index in [1.807, 2.05) is 18.2 Å². The van der Waals surface area contributed by atoms with Gasteiger partial charge in [0.25, 0.3) is 0 Å². The van der Waals surface area contributed by atoms with Gasteiger partial charge >= 0.3 is 0 Å². The van der Waals surface area contributed by atoms with Gasteiger partial charge in [0.15, 0.2) is 0 Å². The molecule has 90 valence electrons. The fourth-order valence-corrected chi connectivity index (χ4v) is 2.68. The molecule has 0 amide bonds. The highest BCUT2D eigenvalue weighted by molar-refractivity contribution is 5.32. The molecule has 0 aromatic heterocycles. The molecule has 0 saturated heterocycles. The first-order valence-electron chi connectivity index (χ1n) is 6.49. The van der Waals surface area contributed by atoms with Gasteiger partial charge in [-0.15, -0.1) is 0 Å². The first-order chi connectivity index (χ1) is 8.29. The van der Waals surface area contributed by atoms with Crippen molar-refractivity contribution in [2.75, 3.05) is 7.05 Å². The lowest BCUT2D eigenvalue weighted by atomic mass is 9.94. The topological polar surface area (TPSA) is 27.0 Å². The van der Waals surface area contributed by atoms with Crippen LogP contribution in [0, 0.1) is 11.3 Å². The van der Waals surface area contributed by atoms with E-state index in [9.17, 15) is 0 Å². The Kier molecular flexibility index (Phi) is 4.17. The van der Waals surface area contributed by atoms with E-state index in [0.29, 0.717) is 0 Å². The van der Waals surface area contributed by atoms with Crippen molar-refractivity contribution in [1.29, 1.82) is 5.26 Å². The third-order valence-corrected chi connectivity index (χ3v) is 3.69. The van der Waals surface area contributed by atoms with Crippen LogP contribution in [0.4, 0.5) is 0 Å². The summed E-state index contributed by atoms with van der Waals surface area (Å²) in [5, 5.41) is 8.88. The van der Waals surface area contributed by atoms with Gasteiger partial charge in [0.1, 0.15) is 0 Å². The lowest BCUT2D eigenvalue weighted by molar-refractivity contribution is 0.184. The van der Waals surface area contributed by atoms with Gasteiger partial charge < -0.3 is 0 Å². The molecule has 0 spiro atoms. The Morgan fingerprint density at radius 2 is 2.06 bits per heavy atom. The predicted molar refractivity (Wildman–Crippen MR) is 69.5 cm³/mol. The molecule has 1 aromatic rings. The molecule has 17 heavy (non-hydrogen) atoms. The van der Waals surface area contributed by atoms with E-state index in [-0.39, 0.29) is 0 Å².